The summed E-state index contributed by atoms with van der Waals surface area (Å²) in [6, 6.07) is 9.44. The standard InChI is InChI=1S/C27H31ClN2O8S3Se/c1-4-18(14-27-30(10-6-12-41(34,35)36)21-15-19(28)7-8-25(21)42-27)13-26-29(9-5-11-40(31,32)33)20-16-22(37-2)23(38-3)17-24(20)39-26/h7-8,13-17H,4-6,9-12H2,1-3H3,(H-,31,32,33,34,35,36)/p+1. The van der Waals surface area contributed by atoms with Crippen LogP contribution >= 0.6 is 23.4 Å². The zero-order valence-corrected chi connectivity index (χ0v) is 28.2. The summed E-state index contributed by atoms with van der Waals surface area (Å²) in [5.41, 5.74) is 2.79. The third-order valence-corrected chi connectivity index (χ3v) is 11.8. The van der Waals surface area contributed by atoms with Gasteiger partial charge in [0.05, 0.1) is 0 Å². The molecule has 228 valence electrons. The first kappa shape index (κ1) is 32.9. The van der Waals surface area contributed by atoms with Crippen molar-refractivity contribution < 1.29 is 40.0 Å². The van der Waals surface area contributed by atoms with E-state index in [1.165, 1.54) is 11.8 Å². The molecule has 0 amide bonds. The first-order valence-electron chi connectivity index (χ1n) is 13.0. The van der Waals surface area contributed by atoms with Crippen molar-refractivity contribution >= 4 is 79.6 Å². The number of rotatable bonds is 13. The summed E-state index contributed by atoms with van der Waals surface area (Å²) in [4.78, 5) is 2.94. The molecule has 1 aliphatic heterocycles. The van der Waals surface area contributed by atoms with Crippen molar-refractivity contribution in [3.05, 3.63) is 56.6 Å². The number of hydrogen-bond donors (Lipinski definition) is 2. The SMILES string of the molecule is CCC(=Cc1[se]c2ccc(Cl)cc2[n+]1CCCS(=O)(=O)O)C=C1Sc2cc(OC)c(OC)cc2N1CCCS(=O)(=O)O. The van der Waals surface area contributed by atoms with Crippen LogP contribution in [0.2, 0.25) is 5.02 Å². The van der Waals surface area contributed by atoms with Crippen molar-refractivity contribution in [3.63, 3.8) is 0 Å². The van der Waals surface area contributed by atoms with Crippen LogP contribution in [0.3, 0.4) is 0 Å². The molecule has 4 rings (SSSR count). The molecular formula is C27H32ClN2O8S3Se+. The molecule has 0 saturated carbocycles. The number of allylic oxidation sites excluding steroid dienone is 2. The van der Waals surface area contributed by atoms with Gasteiger partial charge in [0.1, 0.15) is 0 Å². The minimum absolute atomic E-state index is 0.0569. The molecule has 1 aliphatic rings. The third kappa shape index (κ3) is 8.32. The van der Waals surface area contributed by atoms with Gasteiger partial charge in [-0.3, -0.25) is 0 Å². The van der Waals surface area contributed by atoms with Crippen molar-refractivity contribution in [2.75, 3.05) is 37.2 Å². The molecule has 10 nitrogen and oxygen atoms in total. The fraction of sp³-hybridized carbons (Fsp3) is 0.370. The zero-order valence-electron chi connectivity index (χ0n) is 23.2. The third-order valence-electron chi connectivity index (χ3n) is 6.52. The fourth-order valence-corrected chi connectivity index (χ4v) is 9.28. The molecule has 2 N–H and O–H groups in total. The van der Waals surface area contributed by atoms with E-state index in [0.717, 1.165) is 35.5 Å². The van der Waals surface area contributed by atoms with Gasteiger partial charge in [-0.1, -0.05) is 0 Å². The van der Waals surface area contributed by atoms with Crippen LogP contribution in [-0.2, 0) is 26.8 Å². The zero-order chi connectivity index (χ0) is 30.7. The normalized spacial score (nSPS) is 15.0. The number of hydrogen-bond acceptors (Lipinski definition) is 8. The molecule has 0 bridgehead atoms. The van der Waals surface area contributed by atoms with Crippen LogP contribution in [0.25, 0.3) is 15.9 Å². The molecule has 3 aromatic rings. The quantitative estimate of drug-likeness (QED) is 0.146. The second-order valence-electron chi connectivity index (χ2n) is 9.47. The Balaban J connectivity index is 1.75. The number of anilines is 1. The number of benzene rings is 2. The Morgan fingerprint density at radius 1 is 1.05 bits per heavy atom. The molecule has 0 aliphatic carbocycles. The second kappa shape index (κ2) is 13.7. The summed E-state index contributed by atoms with van der Waals surface area (Å²) in [5, 5.41) is 1.47. The second-order valence-corrected chi connectivity index (χ2v) is 16.3. The van der Waals surface area contributed by atoms with Gasteiger partial charge in [0, 0.05) is 0 Å². The van der Waals surface area contributed by atoms with Crippen LogP contribution in [0.4, 0.5) is 5.69 Å². The Morgan fingerprint density at radius 3 is 2.36 bits per heavy atom. The summed E-state index contributed by atoms with van der Waals surface area (Å²) in [6.45, 7) is 2.79. The Bertz CT molecular complexity index is 1750. The summed E-state index contributed by atoms with van der Waals surface area (Å²) >= 11 is 7.76. The maximum absolute atomic E-state index is 11.4. The van der Waals surface area contributed by atoms with Gasteiger partial charge in [0.2, 0.25) is 0 Å². The van der Waals surface area contributed by atoms with Gasteiger partial charge < -0.3 is 0 Å². The van der Waals surface area contributed by atoms with E-state index >= 15 is 0 Å². The molecule has 0 atom stereocenters. The molecule has 15 heteroatoms. The van der Waals surface area contributed by atoms with Crippen molar-refractivity contribution in [1.29, 1.82) is 0 Å². The topological polar surface area (TPSA) is 134 Å². The number of nitrogens with zero attached hydrogens (tertiary/aromatic N) is 2. The summed E-state index contributed by atoms with van der Waals surface area (Å²) in [7, 11) is -5.07. The first-order chi connectivity index (χ1) is 19.8. The molecule has 0 radical (unpaired) electrons. The van der Waals surface area contributed by atoms with E-state index in [9.17, 15) is 25.9 Å². The molecule has 42 heavy (non-hydrogen) atoms. The van der Waals surface area contributed by atoms with Crippen molar-refractivity contribution in [2.24, 2.45) is 0 Å². The van der Waals surface area contributed by atoms with E-state index < -0.39 is 20.2 Å². The van der Waals surface area contributed by atoms with Gasteiger partial charge in [0.25, 0.3) is 0 Å². The molecule has 0 unspecified atom stereocenters. The number of methoxy groups -OCH3 is 2. The van der Waals surface area contributed by atoms with Crippen LogP contribution in [0.5, 0.6) is 11.5 Å². The molecule has 0 fully saturated rings. The van der Waals surface area contributed by atoms with Gasteiger partial charge in [-0.15, -0.1) is 0 Å². The van der Waals surface area contributed by atoms with Gasteiger partial charge in [-0.2, -0.15) is 0 Å². The van der Waals surface area contributed by atoms with E-state index in [1.807, 2.05) is 42.2 Å². The van der Waals surface area contributed by atoms with Gasteiger partial charge >= 0.3 is 263 Å². The van der Waals surface area contributed by atoms with Crippen molar-refractivity contribution in [1.82, 2.24) is 0 Å². The molecule has 1 aromatic heterocycles. The molecule has 0 spiro atoms. The predicted molar refractivity (Wildman–Crippen MR) is 167 cm³/mol. The first-order valence-corrected chi connectivity index (χ1v) is 19.1. The van der Waals surface area contributed by atoms with Crippen LogP contribution in [0, 0.1) is 0 Å². The van der Waals surface area contributed by atoms with Gasteiger partial charge in [-0.25, -0.2) is 0 Å². The average Bonchev–Trinajstić information content (AvgIpc) is 3.42. The van der Waals surface area contributed by atoms with Gasteiger partial charge in [0.15, 0.2) is 0 Å². The summed E-state index contributed by atoms with van der Waals surface area (Å²) in [6.07, 6.45) is 5.33. The Labute approximate surface area is 261 Å². The fourth-order valence-electron chi connectivity index (χ4n) is 4.55. The van der Waals surface area contributed by atoms with Crippen LogP contribution in [0.15, 0.2) is 51.9 Å². The Morgan fingerprint density at radius 2 is 1.71 bits per heavy atom. The summed E-state index contributed by atoms with van der Waals surface area (Å²) < 4.78 is 79.3. The molecule has 0 saturated heterocycles. The number of aromatic nitrogens is 1. The van der Waals surface area contributed by atoms with Crippen LogP contribution in [-0.4, -0.2) is 72.7 Å². The van der Waals surface area contributed by atoms with Crippen molar-refractivity contribution in [2.45, 2.75) is 37.6 Å². The van der Waals surface area contributed by atoms with Crippen molar-refractivity contribution in [3.8, 4) is 11.5 Å². The number of thioether (sulfide) groups is 1. The molecule has 2 aromatic carbocycles. The average molecular weight is 723 g/mol. The predicted octanol–water partition coefficient (Wildman–Crippen LogP) is 4.66. The van der Waals surface area contributed by atoms with Crippen LogP contribution < -0.4 is 18.9 Å². The number of aryl methyl sites for hydroxylation is 1. The minimum atomic E-state index is -4.11. The molecule has 2 heterocycles. The maximum atomic E-state index is 11.4. The van der Waals surface area contributed by atoms with E-state index in [0.29, 0.717) is 36.0 Å². The Hall–Kier alpha value is -2.03. The Kier molecular flexibility index (Phi) is 10.7. The van der Waals surface area contributed by atoms with E-state index in [-0.39, 0.29) is 38.9 Å². The van der Waals surface area contributed by atoms with Crippen LogP contribution in [0.1, 0.15) is 30.8 Å². The number of halogens is 1. The number of fused-ring (bicyclic) bond motifs is 2. The van der Waals surface area contributed by atoms with E-state index in [1.54, 1.807) is 14.2 Å². The summed E-state index contributed by atoms with van der Waals surface area (Å²) in [5.74, 6) is 0.426. The monoisotopic (exact) mass is 723 g/mol. The van der Waals surface area contributed by atoms with E-state index in [2.05, 4.69) is 16.7 Å². The van der Waals surface area contributed by atoms with Gasteiger partial charge in [-0.05, 0) is 0 Å². The van der Waals surface area contributed by atoms with E-state index in [4.69, 9.17) is 21.1 Å². The number of ether oxygens (including phenoxy) is 2. The molecular weight excluding hydrogens is 691 g/mol.